The highest BCUT2D eigenvalue weighted by molar-refractivity contribution is 7.93. The molecule has 17 heavy (non-hydrogen) atoms. The van der Waals surface area contributed by atoms with Crippen LogP contribution in [0.3, 0.4) is 0 Å². The number of rotatable bonds is 3. The van der Waals surface area contributed by atoms with Gasteiger partial charge < -0.3 is 5.11 Å². The fraction of sp³-hybridized carbons (Fsp3) is 0.222. The van der Waals surface area contributed by atoms with E-state index in [4.69, 9.17) is 5.11 Å². The highest BCUT2D eigenvalue weighted by atomic mass is 32.2. The van der Waals surface area contributed by atoms with E-state index in [0.717, 1.165) is 24.6 Å². The third-order valence-electron chi connectivity index (χ3n) is 1.98. The van der Waals surface area contributed by atoms with Crippen molar-refractivity contribution in [2.75, 3.05) is 12.5 Å². The number of carboxylic acids is 1. The monoisotopic (exact) mass is 278 g/mol. The van der Waals surface area contributed by atoms with Gasteiger partial charge in [-0.3, -0.25) is 0 Å². The van der Waals surface area contributed by atoms with E-state index in [2.05, 4.69) is 0 Å². The molecule has 0 aliphatic heterocycles. The van der Waals surface area contributed by atoms with Gasteiger partial charge in [0.25, 0.3) is 0 Å². The van der Waals surface area contributed by atoms with Crippen molar-refractivity contribution in [1.82, 2.24) is 0 Å². The smallest absolute Gasteiger partial charge is 0.337 e. The average Bonchev–Trinajstić information content (AvgIpc) is 2.13. The Morgan fingerprint density at radius 3 is 1.94 bits per heavy atom. The van der Waals surface area contributed by atoms with E-state index in [9.17, 15) is 21.6 Å². The molecule has 0 unspecified atom stereocenters. The molecule has 0 aromatic heterocycles. The fourth-order valence-electron chi connectivity index (χ4n) is 1.36. The molecule has 0 saturated heterocycles. The number of carbonyl (C=O) groups is 1. The Labute approximate surface area is 98.7 Å². The molecule has 0 radical (unpaired) electrons. The third kappa shape index (κ3) is 2.83. The van der Waals surface area contributed by atoms with Crippen LogP contribution < -0.4 is 0 Å². The lowest BCUT2D eigenvalue weighted by atomic mass is 10.2. The summed E-state index contributed by atoms with van der Waals surface area (Å²) in [5.74, 6) is -1.49. The van der Waals surface area contributed by atoms with Gasteiger partial charge in [-0.2, -0.15) is 0 Å². The zero-order chi connectivity index (χ0) is 13.4. The number of carboxylic acid groups (broad SMARTS) is 1. The van der Waals surface area contributed by atoms with E-state index in [1.807, 2.05) is 0 Å². The number of hydrogen-bond acceptors (Lipinski definition) is 5. The van der Waals surface area contributed by atoms with Crippen LogP contribution in [0.5, 0.6) is 0 Å². The molecule has 0 bridgehead atoms. The summed E-state index contributed by atoms with van der Waals surface area (Å²) in [4.78, 5) is 9.72. The molecule has 0 heterocycles. The van der Waals surface area contributed by atoms with Gasteiger partial charge in [-0.1, -0.05) is 6.07 Å². The molecule has 0 spiro atoms. The van der Waals surface area contributed by atoms with Gasteiger partial charge in [0, 0.05) is 12.5 Å². The molecule has 0 amide bonds. The van der Waals surface area contributed by atoms with Crippen LogP contribution in [-0.2, 0) is 19.7 Å². The first-order valence-corrected chi connectivity index (χ1v) is 8.10. The molecular formula is C9H10O6S2. The number of sulfone groups is 2. The molecule has 1 aromatic carbocycles. The number of aromatic carboxylic acids is 1. The minimum Gasteiger partial charge on any atom is -0.478 e. The topological polar surface area (TPSA) is 106 Å². The normalized spacial score (nSPS) is 12.4. The van der Waals surface area contributed by atoms with Gasteiger partial charge in [0.15, 0.2) is 19.7 Å². The lowest BCUT2D eigenvalue weighted by Gasteiger charge is -2.08. The third-order valence-corrected chi connectivity index (χ3v) is 4.43. The standard InChI is InChI=1S/C9H10O6S2/c1-16(12,13)7-5-3-4-6(9(10)11)8(7)17(2,14)15/h3-5H,1-2H3,(H,10,11). The zero-order valence-corrected chi connectivity index (χ0v) is 10.7. The predicted molar refractivity (Wildman–Crippen MR) is 59.6 cm³/mol. The van der Waals surface area contributed by atoms with Crippen molar-refractivity contribution in [2.24, 2.45) is 0 Å². The molecule has 0 saturated carbocycles. The molecular weight excluding hydrogens is 268 g/mol. The molecule has 1 N–H and O–H groups in total. The fourth-order valence-corrected chi connectivity index (χ4v) is 4.03. The van der Waals surface area contributed by atoms with Crippen molar-refractivity contribution in [3.8, 4) is 0 Å². The number of benzene rings is 1. The van der Waals surface area contributed by atoms with E-state index < -0.39 is 41.0 Å². The van der Waals surface area contributed by atoms with Crippen molar-refractivity contribution in [3.05, 3.63) is 23.8 Å². The summed E-state index contributed by atoms with van der Waals surface area (Å²) < 4.78 is 45.8. The van der Waals surface area contributed by atoms with Crippen molar-refractivity contribution in [3.63, 3.8) is 0 Å². The summed E-state index contributed by atoms with van der Waals surface area (Å²) in [6.45, 7) is 0. The van der Waals surface area contributed by atoms with Crippen LogP contribution in [0.15, 0.2) is 28.0 Å². The lowest BCUT2D eigenvalue weighted by molar-refractivity contribution is 0.0692. The predicted octanol–water partition coefficient (Wildman–Crippen LogP) is 0.192. The SMILES string of the molecule is CS(=O)(=O)c1cccc(C(=O)O)c1S(C)(=O)=O. The van der Waals surface area contributed by atoms with E-state index in [1.54, 1.807) is 0 Å². The van der Waals surface area contributed by atoms with Gasteiger partial charge in [-0.15, -0.1) is 0 Å². The lowest BCUT2D eigenvalue weighted by Crippen LogP contribution is -2.13. The van der Waals surface area contributed by atoms with Crippen LogP contribution >= 0.6 is 0 Å². The van der Waals surface area contributed by atoms with Gasteiger partial charge in [0.2, 0.25) is 0 Å². The van der Waals surface area contributed by atoms with Crippen LogP contribution in [0.25, 0.3) is 0 Å². The second-order valence-electron chi connectivity index (χ2n) is 3.48. The molecule has 0 fully saturated rings. The largest absolute Gasteiger partial charge is 0.478 e. The Bertz CT molecular complexity index is 669. The Balaban J connectivity index is 3.90. The molecule has 0 aliphatic rings. The first-order valence-electron chi connectivity index (χ1n) is 4.31. The maximum Gasteiger partial charge on any atom is 0.337 e. The van der Waals surface area contributed by atoms with Crippen molar-refractivity contribution in [2.45, 2.75) is 9.79 Å². The minimum absolute atomic E-state index is 0.500. The summed E-state index contributed by atoms with van der Waals surface area (Å²) in [7, 11) is -7.77. The van der Waals surface area contributed by atoms with Gasteiger partial charge in [0.1, 0.15) is 0 Å². The molecule has 1 aromatic rings. The van der Waals surface area contributed by atoms with Crippen LogP contribution in [0.1, 0.15) is 10.4 Å². The summed E-state index contributed by atoms with van der Waals surface area (Å²) >= 11 is 0. The minimum atomic E-state index is -3.95. The first-order chi connectivity index (χ1) is 7.55. The second kappa shape index (κ2) is 4.11. The van der Waals surface area contributed by atoms with Crippen molar-refractivity contribution >= 4 is 25.6 Å². The van der Waals surface area contributed by atoms with Gasteiger partial charge >= 0.3 is 5.97 Å². The Hall–Kier alpha value is -1.41. The van der Waals surface area contributed by atoms with Crippen LogP contribution in [0.4, 0.5) is 0 Å². The van der Waals surface area contributed by atoms with Crippen LogP contribution in [0, 0.1) is 0 Å². The second-order valence-corrected chi connectivity index (χ2v) is 7.42. The maximum absolute atomic E-state index is 11.5. The summed E-state index contributed by atoms with van der Waals surface area (Å²) in [6.07, 6.45) is 1.59. The summed E-state index contributed by atoms with van der Waals surface area (Å²) in [5, 5.41) is 8.86. The molecule has 1 rings (SSSR count). The number of hydrogen-bond donors (Lipinski definition) is 1. The average molecular weight is 278 g/mol. The first kappa shape index (κ1) is 13.7. The highest BCUT2D eigenvalue weighted by Crippen LogP contribution is 2.24. The maximum atomic E-state index is 11.5. The molecule has 94 valence electrons. The molecule has 8 heteroatoms. The van der Waals surface area contributed by atoms with E-state index in [1.165, 1.54) is 6.07 Å². The Kier molecular flexibility index (Phi) is 3.30. The molecule has 0 atom stereocenters. The Morgan fingerprint density at radius 2 is 1.59 bits per heavy atom. The van der Waals surface area contributed by atoms with E-state index >= 15 is 0 Å². The summed E-state index contributed by atoms with van der Waals surface area (Å²) in [6, 6.07) is 3.31. The highest BCUT2D eigenvalue weighted by Gasteiger charge is 2.26. The zero-order valence-electron chi connectivity index (χ0n) is 9.04. The van der Waals surface area contributed by atoms with E-state index in [0.29, 0.717) is 0 Å². The van der Waals surface area contributed by atoms with Gasteiger partial charge in [-0.25, -0.2) is 21.6 Å². The summed E-state index contributed by atoms with van der Waals surface area (Å²) in [5.41, 5.74) is -0.546. The quantitative estimate of drug-likeness (QED) is 0.846. The molecule has 0 aliphatic carbocycles. The van der Waals surface area contributed by atoms with Gasteiger partial charge in [-0.05, 0) is 12.1 Å². The van der Waals surface area contributed by atoms with E-state index in [-0.39, 0.29) is 0 Å². The van der Waals surface area contributed by atoms with Crippen LogP contribution in [-0.4, -0.2) is 40.4 Å². The van der Waals surface area contributed by atoms with Crippen LogP contribution in [0.2, 0.25) is 0 Å². The Morgan fingerprint density at radius 1 is 1.06 bits per heavy atom. The van der Waals surface area contributed by atoms with Crippen molar-refractivity contribution < 1.29 is 26.7 Å². The molecule has 6 nitrogen and oxygen atoms in total. The van der Waals surface area contributed by atoms with Crippen molar-refractivity contribution in [1.29, 1.82) is 0 Å². The van der Waals surface area contributed by atoms with Gasteiger partial charge in [0.05, 0.1) is 15.4 Å².